The van der Waals surface area contributed by atoms with Crippen LogP contribution in [-0.4, -0.2) is 77.2 Å². The molecular formula is C33H48ClN5O2. The van der Waals surface area contributed by atoms with Crippen LogP contribution in [-0.2, 0) is 11.2 Å². The van der Waals surface area contributed by atoms with E-state index in [1.807, 2.05) is 35.8 Å². The van der Waals surface area contributed by atoms with E-state index in [1.165, 1.54) is 5.57 Å². The molecule has 1 aromatic carbocycles. The molecule has 2 amide bonds. The second kappa shape index (κ2) is 15.4. The van der Waals surface area contributed by atoms with Crippen molar-refractivity contribution < 1.29 is 9.59 Å². The maximum Gasteiger partial charge on any atom is 0.254 e. The number of hydrogen-bond acceptors (Lipinski definition) is 4. The lowest BCUT2D eigenvalue weighted by atomic mass is 9.93. The lowest BCUT2D eigenvalue weighted by Gasteiger charge is -2.38. The number of aliphatic imine (C=N–C) groups is 1. The number of piperidine rings is 1. The van der Waals surface area contributed by atoms with Crippen molar-refractivity contribution in [2.24, 2.45) is 10.7 Å². The van der Waals surface area contributed by atoms with E-state index < -0.39 is 0 Å². The minimum Gasteiger partial charge on any atom is -0.353 e. The maximum absolute atomic E-state index is 14.0. The van der Waals surface area contributed by atoms with E-state index in [2.05, 4.69) is 38.3 Å². The van der Waals surface area contributed by atoms with Gasteiger partial charge in [-0.3, -0.25) is 9.59 Å². The van der Waals surface area contributed by atoms with E-state index in [0.717, 1.165) is 68.0 Å². The van der Waals surface area contributed by atoms with Gasteiger partial charge in [0.25, 0.3) is 5.91 Å². The van der Waals surface area contributed by atoms with Crippen LogP contribution in [0.2, 0.25) is 5.02 Å². The van der Waals surface area contributed by atoms with Crippen LogP contribution in [0.4, 0.5) is 0 Å². The molecule has 0 spiro atoms. The fourth-order valence-electron chi connectivity index (χ4n) is 5.54. The van der Waals surface area contributed by atoms with E-state index >= 15 is 0 Å². The number of hydrogen-bond donors (Lipinski definition) is 1. The molecule has 0 aliphatic carbocycles. The molecule has 1 atom stereocenters. The van der Waals surface area contributed by atoms with Gasteiger partial charge in [0, 0.05) is 61.5 Å². The van der Waals surface area contributed by atoms with Gasteiger partial charge in [0.1, 0.15) is 5.84 Å². The highest BCUT2D eigenvalue weighted by molar-refractivity contribution is 6.31. The molecule has 2 heterocycles. The number of benzene rings is 1. The first-order chi connectivity index (χ1) is 19.5. The molecule has 3 rings (SSSR count). The number of nitrogens with zero attached hydrogens (tertiary/aromatic N) is 4. The molecule has 8 heteroatoms. The number of amidine groups is 1. The number of nitrogens with two attached hydrogens (primary N) is 1. The Hall–Kier alpha value is -2.90. The van der Waals surface area contributed by atoms with Crippen molar-refractivity contribution in [3.63, 3.8) is 0 Å². The summed E-state index contributed by atoms with van der Waals surface area (Å²) < 4.78 is 0. The smallest absolute Gasteiger partial charge is 0.254 e. The molecule has 0 radical (unpaired) electrons. The van der Waals surface area contributed by atoms with Crippen molar-refractivity contribution in [1.82, 2.24) is 14.7 Å². The van der Waals surface area contributed by atoms with Crippen LogP contribution in [0, 0.1) is 0 Å². The summed E-state index contributed by atoms with van der Waals surface area (Å²) >= 11 is 6.38. The highest BCUT2D eigenvalue weighted by Crippen LogP contribution is 2.28. The number of aryl methyl sites for hydroxylation is 1. The second-order valence-electron chi connectivity index (χ2n) is 11.5. The van der Waals surface area contributed by atoms with E-state index in [1.54, 1.807) is 12.1 Å². The SMILES string of the molecule is C=C(/C=C(\C)N=C(C=C(C)C)N1CC(N)C1)C1CCCCN1C(=O)c1cc(Cl)ccc1CCC(=O)N(CC)CCC. The third-order valence-electron chi connectivity index (χ3n) is 7.67. The van der Waals surface area contributed by atoms with Crippen LogP contribution in [0.5, 0.6) is 0 Å². The Labute approximate surface area is 251 Å². The van der Waals surface area contributed by atoms with Gasteiger partial charge in [-0.15, -0.1) is 0 Å². The zero-order valence-corrected chi connectivity index (χ0v) is 26.3. The number of allylic oxidation sites excluding steroid dienone is 2. The average molecular weight is 582 g/mol. The largest absolute Gasteiger partial charge is 0.353 e. The summed E-state index contributed by atoms with van der Waals surface area (Å²) in [6.45, 7) is 18.2. The third kappa shape index (κ3) is 9.04. The fourth-order valence-corrected chi connectivity index (χ4v) is 5.71. The molecule has 224 valence electrons. The predicted octanol–water partition coefficient (Wildman–Crippen LogP) is 5.99. The quantitative estimate of drug-likeness (QED) is 0.198. The Morgan fingerprint density at radius 2 is 1.90 bits per heavy atom. The first-order valence-corrected chi connectivity index (χ1v) is 15.4. The first-order valence-electron chi connectivity index (χ1n) is 15.0. The van der Waals surface area contributed by atoms with Gasteiger partial charge in [-0.25, -0.2) is 4.99 Å². The van der Waals surface area contributed by atoms with Gasteiger partial charge in [0.15, 0.2) is 0 Å². The fraction of sp³-hybridized carbons (Fsp3) is 0.545. The highest BCUT2D eigenvalue weighted by Gasteiger charge is 2.30. The molecule has 1 aromatic rings. The zero-order valence-electron chi connectivity index (χ0n) is 25.6. The number of carbonyl (C=O) groups excluding carboxylic acids is 2. The monoisotopic (exact) mass is 581 g/mol. The van der Waals surface area contributed by atoms with Crippen molar-refractivity contribution in [3.05, 3.63) is 69.9 Å². The first kappa shape index (κ1) is 32.6. The van der Waals surface area contributed by atoms with E-state index in [-0.39, 0.29) is 23.9 Å². The molecule has 2 saturated heterocycles. The molecule has 2 fully saturated rings. The molecule has 0 bridgehead atoms. The number of likely N-dealkylation sites (tertiary alicyclic amines) is 2. The normalized spacial score (nSPS) is 18.2. The van der Waals surface area contributed by atoms with E-state index in [4.69, 9.17) is 22.3 Å². The van der Waals surface area contributed by atoms with E-state index in [9.17, 15) is 9.59 Å². The highest BCUT2D eigenvalue weighted by atomic mass is 35.5. The van der Waals surface area contributed by atoms with Gasteiger partial charge in [0.05, 0.1) is 6.04 Å². The standard InChI is InChI=1S/C33H48ClN5O2/c1-7-16-37(8-2)32(40)15-13-26-12-14-27(34)20-29(26)33(41)39-17-10-9-11-30(39)24(5)19-25(6)36-31(18-23(3)4)38-21-28(35)22-38/h12,14,18-20,28,30H,5,7-11,13,15-17,21-22,35H2,1-4,6H3/b25-19+,36-31?. The van der Waals surface area contributed by atoms with Gasteiger partial charge >= 0.3 is 0 Å². The van der Waals surface area contributed by atoms with Crippen LogP contribution >= 0.6 is 11.6 Å². The zero-order chi connectivity index (χ0) is 30.1. The predicted molar refractivity (Wildman–Crippen MR) is 170 cm³/mol. The van der Waals surface area contributed by atoms with Crippen LogP contribution in [0.1, 0.15) is 82.6 Å². The Morgan fingerprint density at radius 1 is 1.17 bits per heavy atom. The topological polar surface area (TPSA) is 82.2 Å². The van der Waals surface area contributed by atoms with Crippen LogP contribution < -0.4 is 5.73 Å². The van der Waals surface area contributed by atoms with Crippen molar-refractivity contribution in [3.8, 4) is 0 Å². The van der Waals surface area contributed by atoms with Crippen molar-refractivity contribution in [1.29, 1.82) is 0 Å². The number of carbonyl (C=O) groups is 2. The Balaban J connectivity index is 1.81. The van der Waals surface area contributed by atoms with Gasteiger partial charge in [-0.05, 0) is 95.2 Å². The second-order valence-corrected chi connectivity index (χ2v) is 11.9. The van der Waals surface area contributed by atoms with Crippen LogP contribution in [0.3, 0.4) is 0 Å². The van der Waals surface area contributed by atoms with Gasteiger partial charge in [-0.1, -0.05) is 36.7 Å². The molecule has 1 unspecified atom stereocenters. The molecule has 0 aromatic heterocycles. The van der Waals surface area contributed by atoms with E-state index in [0.29, 0.717) is 36.5 Å². The number of amides is 2. The van der Waals surface area contributed by atoms with Crippen LogP contribution in [0.25, 0.3) is 0 Å². The molecule has 7 nitrogen and oxygen atoms in total. The van der Waals surface area contributed by atoms with Crippen molar-refractivity contribution in [2.75, 3.05) is 32.7 Å². The van der Waals surface area contributed by atoms with Crippen molar-refractivity contribution >= 4 is 29.3 Å². The number of rotatable bonds is 11. The summed E-state index contributed by atoms with van der Waals surface area (Å²) in [7, 11) is 0. The minimum atomic E-state index is -0.126. The van der Waals surface area contributed by atoms with Gasteiger partial charge < -0.3 is 20.4 Å². The lowest BCUT2D eigenvalue weighted by molar-refractivity contribution is -0.131. The summed E-state index contributed by atoms with van der Waals surface area (Å²) in [6.07, 6.45) is 8.67. The van der Waals surface area contributed by atoms with Gasteiger partial charge in [-0.2, -0.15) is 0 Å². The molecule has 2 aliphatic heterocycles. The molecule has 2 aliphatic rings. The Morgan fingerprint density at radius 3 is 2.54 bits per heavy atom. The summed E-state index contributed by atoms with van der Waals surface area (Å²) in [5, 5.41) is 0.513. The molecule has 41 heavy (non-hydrogen) atoms. The Bertz CT molecular complexity index is 1190. The summed E-state index contributed by atoms with van der Waals surface area (Å²) in [4.78, 5) is 37.7. The lowest BCUT2D eigenvalue weighted by Crippen LogP contribution is -2.57. The molecule has 0 saturated carbocycles. The summed E-state index contributed by atoms with van der Waals surface area (Å²) in [5.74, 6) is 0.959. The minimum absolute atomic E-state index is 0.0592. The van der Waals surface area contributed by atoms with Crippen molar-refractivity contribution in [2.45, 2.75) is 85.2 Å². The third-order valence-corrected chi connectivity index (χ3v) is 7.90. The van der Waals surface area contributed by atoms with Gasteiger partial charge in [0.2, 0.25) is 5.91 Å². The summed E-state index contributed by atoms with van der Waals surface area (Å²) in [5.41, 5.74) is 10.3. The average Bonchev–Trinajstić information content (AvgIpc) is 2.92. The maximum atomic E-state index is 14.0. The molecular weight excluding hydrogens is 534 g/mol. The van der Waals surface area contributed by atoms with Crippen LogP contribution in [0.15, 0.2) is 58.8 Å². The Kier molecular flexibility index (Phi) is 12.2. The molecule has 2 N–H and O–H groups in total. The number of halogens is 1. The summed E-state index contributed by atoms with van der Waals surface area (Å²) in [6, 6.07) is 5.49.